The van der Waals surface area contributed by atoms with Gasteiger partial charge in [-0.15, -0.1) is 0 Å². The molecule has 4 rings (SSSR count). The number of hydrogen-bond donors (Lipinski definition) is 1. The van der Waals surface area contributed by atoms with Gasteiger partial charge in [0.1, 0.15) is 5.82 Å². The van der Waals surface area contributed by atoms with Crippen molar-refractivity contribution in [2.24, 2.45) is 5.41 Å². The van der Waals surface area contributed by atoms with E-state index in [2.05, 4.69) is 10.3 Å². The first-order valence-corrected chi connectivity index (χ1v) is 10.7. The van der Waals surface area contributed by atoms with Gasteiger partial charge in [-0.3, -0.25) is 9.59 Å². The average Bonchev–Trinajstić information content (AvgIpc) is 3.26. The van der Waals surface area contributed by atoms with E-state index in [1.807, 2.05) is 46.9 Å². The van der Waals surface area contributed by atoms with Gasteiger partial charge in [0.15, 0.2) is 0 Å². The molecule has 2 amide bonds. The highest BCUT2D eigenvalue weighted by atomic mass is 16.2. The Labute approximate surface area is 172 Å². The largest absolute Gasteiger partial charge is 0.354 e. The Balaban J connectivity index is 1.37. The summed E-state index contributed by atoms with van der Waals surface area (Å²) in [6.45, 7) is 4.63. The molecule has 0 unspecified atom stereocenters. The van der Waals surface area contributed by atoms with Crippen molar-refractivity contribution in [3.05, 3.63) is 53.6 Å². The summed E-state index contributed by atoms with van der Waals surface area (Å²) < 4.78 is 2.04. The van der Waals surface area contributed by atoms with Gasteiger partial charge in [-0.2, -0.15) is 0 Å². The first kappa shape index (κ1) is 19.7. The molecular weight excluding hydrogens is 364 g/mol. The molecule has 6 heteroatoms. The number of rotatable bonds is 7. The van der Waals surface area contributed by atoms with E-state index in [1.54, 1.807) is 6.20 Å². The number of aromatic nitrogens is 2. The van der Waals surface area contributed by atoms with E-state index in [0.717, 1.165) is 49.2 Å². The van der Waals surface area contributed by atoms with Gasteiger partial charge in [0.25, 0.3) is 5.91 Å². The second kappa shape index (κ2) is 8.39. The van der Waals surface area contributed by atoms with Crippen LogP contribution in [0.4, 0.5) is 0 Å². The molecule has 0 radical (unpaired) electrons. The van der Waals surface area contributed by atoms with E-state index in [-0.39, 0.29) is 17.2 Å². The van der Waals surface area contributed by atoms with Gasteiger partial charge >= 0.3 is 0 Å². The fourth-order valence-corrected chi connectivity index (χ4v) is 4.90. The molecule has 0 bridgehead atoms. The lowest BCUT2D eigenvalue weighted by atomic mass is 9.71. The molecule has 0 saturated heterocycles. The van der Waals surface area contributed by atoms with Crippen molar-refractivity contribution in [1.82, 2.24) is 19.8 Å². The van der Waals surface area contributed by atoms with Crippen LogP contribution in [-0.4, -0.2) is 39.4 Å². The molecule has 0 spiro atoms. The minimum atomic E-state index is -0.106. The summed E-state index contributed by atoms with van der Waals surface area (Å²) >= 11 is 0. The molecule has 1 N–H and O–H groups in total. The number of nitrogens with zero attached hydrogens (tertiary/aromatic N) is 3. The standard InChI is InChI=1S/C23H30N4O2/c1-18-24-11-13-26(18)14-12-25-21(28)15-23(9-5-2-6-10-23)17-27-16-19-7-3-4-8-20(19)22(27)29/h3-4,7-8,11,13H,2,5-6,9-10,12,14-17H2,1H3,(H,25,28). The first-order chi connectivity index (χ1) is 14.1. The van der Waals surface area contributed by atoms with E-state index < -0.39 is 0 Å². The smallest absolute Gasteiger partial charge is 0.254 e. The summed E-state index contributed by atoms with van der Waals surface area (Å²) in [5, 5.41) is 3.08. The molecule has 2 aliphatic rings. The summed E-state index contributed by atoms with van der Waals surface area (Å²) in [6, 6.07) is 7.86. The fraction of sp³-hybridized carbons (Fsp3) is 0.522. The molecule has 0 atom stereocenters. The van der Waals surface area contributed by atoms with Crippen LogP contribution >= 0.6 is 0 Å². The predicted octanol–water partition coefficient (Wildman–Crippen LogP) is 3.30. The van der Waals surface area contributed by atoms with Crippen LogP contribution in [0.1, 0.15) is 60.3 Å². The number of carbonyl (C=O) groups excluding carboxylic acids is 2. The third-order valence-electron chi connectivity index (χ3n) is 6.47. The van der Waals surface area contributed by atoms with Crippen LogP contribution in [0.2, 0.25) is 0 Å². The van der Waals surface area contributed by atoms with Gasteiger partial charge in [0, 0.05) is 50.6 Å². The number of fused-ring (bicyclic) bond motifs is 1. The minimum absolute atomic E-state index is 0.0915. The van der Waals surface area contributed by atoms with Crippen LogP contribution in [0.5, 0.6) is 0 Å². The number of hydrogen-bond acceptors (Lipinski definition) is 3. The zero-order valence-electron chi connectivity index (χ0n) is 17.2. The third-order valence-corrected chi connectivity index (χ3v) is 6.47. The summed E-state index contributed by atoms with van der Waals surface area (Å²) in [5.74, 6) is 1.16. The number of aryl methyl sites for hydroxylation is 1. The second-order valence-electron chi connectivity index (χ2n) is 8.57. The molecule has 154 valence electrons. The fourth-order valence-electron chi connectivity index (χ4n) is 4.90. The van der Waals surface area contributed by atoms with Crippen molar-refractivity contribution >= 4 is 11.8 Å². The van der Waals surface area contributed by atoms with Crippen LogP contribution < -0.4 is 5.32 Å². The molecule has 2 heterocycles. The minimum Gasteiger partial charge on any atom is -0.354 e. The van der Waals surface area contributed by atoms with E-state index >= 15 is 0 Å². The van der Waals surface area contributed by atoms with Crippen LogP contribution in [0, 0.1) is 12.3 Å². The lowest BCUT2D eigenvalue weighted by molar-refractivity contribution is -0.124. The van der Waals surface area contributed by atoms with Gasteiger partial charge in [-0.05, 0) is 36.8 Å². The Bertz CT molecular complexity index is 883. The lowest BCUT2D eigenvalue weighted by Gasteiger charge is -2.39. The maximum absolute atomic E-state index is 12.9. The molecule has 1 aliphatic carbocycles. The summed E-state index contributed by atoms with van der Waals surface area (Å²) in [5.41, 5.74) is 1.81. The van der Waals surface area contributed by atoms with Crippen LogP contribution in [-0.2, 0) is 17.9 Å². The van der Waals surface area contributed by atoms with Crippen molar-refractivity contribution < 1.29 is 9.59 Å². The van der Waals surface area contributed by atoms with E-state index in [1.165, 1.54) is 6.42 Å². The summed E-state index contributed by atoms with van der Waals surface area (Å²) in [6.07, 6.45) is 9.73. The van der Waals surface area contributed by atoms with Gasteiger partial charge in [-0.25, -0.2) is 4.98 Å². The van der Waals surface area contributed by atoms with Crippen molar-refractivity contribution in [2.75, 3.05) is 13.1 Å². The summed E-state index contributed by atoms with van der Waals surface area (Å²) in [7, 11) is 0. The Morgan fingerprint density at radius 2 is 2.00 bits per heavy atom. The van der Waals surface area contributed by atoms with E-state index in [4.69, 9.17) is 0 Å². The van der Waals surface area contributed by atoms with Crippen LogP contribution in [0.25, 0.3) is 0 Å². The van der Waals surface area contributed by atoms with E-state index in [9.17, 15) is 9.59 Å². The number of amides is 2. The van der Waals surface area contributed by atoms with E-state index in [0.29, 0.717) is 26.1 Å². The number of benzene rings is 1. The molecule has 2 aromatic rings. The topological polar surface area (TPSA) is 67.2 Å². The SMILES string of the molecule is Cc1nccn1CCNC(=O)CC1(CN2Cc3ccccc3C2=O)CCCCC1. The molecule has 1 saturated carbocycles. The van der Waals surface area contributed by atoms with Crippen molar-refractivity contribution in [3.8, 4) is 0 Å². The first-order valence-electron chi connectivity index (χ1n) is 10.7. The maximum Gasteiger partial charge on any atom is 0.254 e. The second-order valence-corrected chi connectivity index (χ2v) is 8.57. The van der Waals surface area contributed by atoms with Crippen molar-refractivity contribution in [1.29, 1.82) is 0 Å². The monoisotopic (exact) mass is 394 g/mol. The van der Waals surface area contributed by atoms with Gasteiger partial charge in [-0.1, -0.05) is 37.5 Å². The van der Waals surface area contributed by atoms with Crippen LogP contribution in [0.3, 0.4) is 0 Å². The lowest BCUT2D eigenvalue weighted by Crippen LogP contribution is -2.43. The highest BCUT2D eigenvalue weighted by molar-refractivity contribution is 5.98. The molecule has 6 nitrogen and oxygen atoms in total. The number of nitrogens with one attached hydrogen (secondary N) is 1. The molecule has 1 aromatic heterocycles. The van der Waals surface area contributed by atoms with Crippen LogP contribution in [0.15, 0.2) is 36.7 Å². The van der Waals surface area contributed by atoms with Gasteiger partial charge in [0.2, 0.25) is 5.91 Å². The zero-order chi connectivity index (χ0) is 20.3. The summed E-state index contributed by atoms with van der Waals surface area (Å²) in [4.78, 5) is 31.8. The van der Waals surface area contributed by atoms with Crippen molar-refractivity contribution in [2.45, 2.75) is 58.5 Å². The molecule has 1 fully saturated rings. The number of carbonyl (C=O) groups is 2. The Morgan fingerprint density at radius 3 is 2.72 bits per heavy atom. The zero-order valence-corrected chi connectivity index (χ0v) is 17.2. The molecule has 1 aliphatic heterocycles. The maximum atomic E-state index is 12.9. The number of imidazole rings is 1. The molecule has 29 heavy (non-hydrogen) atoms. The highest BCUT2D eigenvalue weighted by Crippen LogP contribution is 2.41. The Hall–Kier alpha value is -2.63. The molecular formula is C23H30N4O2. The molecule has 1 aromatic carbocycles. The average molecular weight is 395 g/mol. The predicted molar refractivity (Wildman–Crippen MR) is 111 cm³/mol. The normalized spacial score (nSPS) is 18.0. The Kier molecular flexibility index (Phi) is 5.69. The third kappa shape index (κ3) is 4.36. The Morgan fingerprint density at radius 1 is 1.21 bits per heavy atom. The van der Waals surface area contributed by atoms with Crippen molar-refractivity contribution in [3.63, 3.8) is 0 Å². The van der Waals surface area contributed by atoms with Gasteiger partial charge < -0.3 is 14.8 Å². The van der Waals surface area contributed by atoms with Gasteiger partial charge in [0.05, 0.1) is 0 Å². The highest BCUT2D eigenvalue weighted by Gasteiger charge is 2.39. The quantitative estimate of drug-likeness (QED) is 0.783.